The highest BCUT2D eigenvalue weighted by Crippen LogP contribution is 2.28. The van der Waals surface area contributed by atoms with E-state index in [1.54, 1.807) is 60.7 Å². The van der Waals surface area contributed by atoms with Crippen LogP contribution < -0.4 is 14.4 Å². The molecule has 0 aromatic heterocycles. The number of carbonyl (C=O) groups is 2. The molecule has 0 aliphatic carbocycles. The van der Waals surface area contributed by atoms with Crippen molar-refractivity contribution in [3.05, 3.63) is 124 Å². The van der Waals surface area contributed by atoms with Crippen LogP contribution in [0.2, 0.25) is 10.0 Å². The van der Waals surface area contributed by atoms with Crippen LogP contribution in [0.1, 0.15) is 31.4 Å². The molecule has 242 valence electrons. The van der Waals surface area contributed by atoms with Gasteiger partial charge in [0.1, 0.15) is 18.3 Å². The van der Waals surface area contributed by atoms with Gasteiger partial charge in [-0.05, 0) is 73.0 Å². The number of benzene rings is 4. The molecule has 0 radical (unpaired) electrons. The summed E-state index contributed by atoms with van der Waals surface area (Å²) in [6, 6.07) is 27.4. The van der Waals surface area contributed by atoms with Crippen molar-refractivity contribution >= 4 is 50.7 Å². The zero-order chi connectivity index (χ0) is 33.3. The first kappa shape index (κ1) is 34.8. The monoisotopic (exact) mass is 681 g/mol. The SMILES string of the molecule is CC[C@H](C)NC(=O)[C@@H](Cc1ccccc1)N(Cc1ccc(Cl)cc1Cl)C(=O)CN(c1ccccc1)S(=O)(=O)c1ccc(OC)cc1. The maximum atomic E-state index is 14.5. The van der Waals surface area contributed by atoms with Crippen molar-refractivity contribution in [3.8, 4) is 5.75 Å². The van der Waals surface area contributed by atoms with Crippen molar-refractivity contribution in [2.75, 3.05) is 18.0 Å². The van der Waals surface area contributed by atoms with Crippen molar-refractivity contribution < 1.29 is 22.7 Å². The highest BCUT2D eigenvalue weighted by atomic mass is 35.5. The van der Waals surface area contributed by atoms with Gasteiger partial charge in [0.2, 0.25) is 11.8 Å². The van der Waals surface area contributed by atoms with Gasteiger partial charge in [-0.3, -0.25) is 13.9 Å². The molecular weight excluding hydrogens is 645 g/mol. The van der Waals surface area contributed by atoms with E-state index in [1.807, 2.05) is 44.2 Å². The Morgan fingerprint density at radius 3 is 2.11 bits per heavy atom. The second-order valence-electron chi connectivity index (χ2n) is 10.8. The van der Waals surface area contributed by atoms with Crippen LogP contribution >= 0.6 is 23.2 Å². The summed E-state index contributed by atoms with van der Waals surface area (Å²) in [4.78, 5) is 29.8. The molecule has 0 spiro atoms. The van der Waals surface area contributed by atoms with Crippen molar-refractivity contribution in [3.63, 3.8) is 0 Å². The summed E-state index contributed by atoms with van der Waals surface area (Å²) in [6.07, 6.45) is 0.874. The van der Waals surface area contributed by atoms with Gasteiger partial charge < -0.3 is 15.0 Å². The zero-order valence-electron chi connectivity index (χ0n) is 25.9. The van der Waals surface area contributed by atoms with Crippen LogP contribution in [0, 0.1) is 0 Å². The predicted molar refractivity (Wildman–Crippen MR) is 183 cm³/mol. The molecule has 0 aliphatic heterocycles. The fraction of sp³-hybridized carbons (Fsp3) is 0.257. The molecule has 2 amide bonds. The van der Waals surface area contributed by atoms with Crippen LogP contribution in [0.15, 0.2) is 108 Å². The molecule has 0 aliphatic rings. The van der Waals surface area contributed by atoms with E-state index in [0.717, 1.165) is 9.87 Å². The molecule has 8 nitrogen and oxygen atoms in total. The first-order chi connectivity index (χ1) is 22.0. The van der Waals surface area contributed by atoms with Gasteiger partial charge in [0, 0.05) is 29.1 Å². The van der Waals surface area contributed by atoms with Gasteiger partial charge in [-0.25, -0.2) is 8.42 Å². The molecule has 4 aromatic carbocycles. The Kier molecular flexibility index (Phi) is 12.1. The summed E-state index contributed by atoms with van der Waals surface area (Å²) in [5.41, 5.74) is 1.68. The standard InChI is InChI=1S/C35H37Cl2N3O5S/c1-4-25(2)38-35(42)33(21-26-11-7-5-8-12-26)39(23-27-15-16-28(36)22-32(27)37)34(41)24-40(29-13-9-6-10-14-29)46(43,44)31-19-17-30(45-3)18-20-31/h5-20,22,25,33H,4,21,23-24H2,1-3H3,(H,38,42)/t25-,33+/m0/s1. The van der Waals surface area contributed by atoms with Crippen LogP contribution in [-0.4, -0.2) is 50.9 Å². The summed E-state index contributed by atoms with van der Waals surface area (Å²) >= 11 is 12.7. The van der Waals surface area contributed by atoms with Crippen LogP contribution in [0.4, 0.5) is 5.69 Å². The quantitative estimate of drug-likeness (QED) is 0.159. The molecule has 2 atom stereocenters. The van der Waals surface area contributed by atoms with E-state index in [0.29, 0.717) is 33.5 Å². The second-order valence-corrected chi connectivity index (χ2v) is 13.5. The Hall–Kier alpha value is -4.05. The number of nitrogens with zero attached hydrogens (tertiary/aromatic N) is 2. The van der Waals surface area contributed by atoms with E-state index in [1.165, 1.54) is 24.1 Å². The number of anilines is 1. The average Bonchev–Trinajstić information content (AvgIpc) is 3.06. The number of rotatable bonds is 14. The number of ether oxygens (including phenoxy) is 1. The van der Waals surface area contributed by atoms with Gasteiger partial charge in [-0.2, -0.15) is 0 Å². The lowest BCUT2D eigenvalue weighted by atomic mass is 10.0. The highest BCUT2D eigenvalue weighted by Gasteiger charge is 2.35. The third kappa shape index (κ3) is 8.81. The van der Waals surface area contributed by atoms with E-state index in [4.69, 9.17) is 27.9 Å². The highest BCUT2D eigenvalue weighted by molar-refractivity contribution is 7.92. The molecule has 0 fully saturated rings. The lowest BCUT2D eigenvalue weighted by molar-refractivity contribution is -0.140. The molecule has 0 saturated carbocycles. The number of para-hydroxylation sites is 1. The number of amides is 2. The number of methoxy groups -OCH3 is 1. The summed E-state index contributed by atoms with van der Waals surface area (Å²) in [5, 5.41) is 3.75. The fourth-order valence-corrected chi connectivity index (χ4v) is 6.71. The summed E-state index contributed by atoms with van der Waals surface area (Å²) in [5.74, 6) is -0.462. The maximum Gasteiger partial charge on any atom is 0.264 e. The third-order valence-electron chi connectivity index (χ3n) is 7.60. The average molecular weight is 683 g/mol. The van der Waals surface area contributed by atoms with E-state index < -0.39 is 28.5 Å². The van der Waals surface area contributed by atoms with E-state index in [2.05, 4.69) is 5.32 Å². The van der Waals surface area contributed by atoms with Crippen LogP contribution in [0.3, 0.4) is 0 Å². The largest absolute Gasteiger partial charge is 0.497 e. The van der Waals surface area contributed by atoms with Crippen molar-refractivity contribution in [2.24, 2.45) is 0 Å². The molecule has 0 unspecified atom stereocenters. The number of halogens is 2. The van der Waals surface area contributed by atoms with Gasteiger partial charge in [-0.1, -0.05) is 84.7 Å². The molecule has 0 saturated heterocycles. The summed E-state index contributed by atoms with van der Waals surface area (Å²) in [7, 11) is -2.75. The topological polar surface area (TPSA) is 96.0 Å². The smallest absolute Gasteiger partial charge is 0.264 e. The molecule has 46 heavy (non-hydrogen) atoms. The Labute approximate surface area is 280 Å². The maximum absolute atomic E-state index is 14.5. The zero-order valence-corrected chi connectivity index (χ0v) is 28.2. The number of hydrogen-bond acceptors (Lipinski definition) is 5. The minimum absolute atomic E-state index is 0.0207. The molecule has 4 rings (SSSR count). The van der Waals surface area contributed by atoms with Gasteiger partial charge in [0.05, 0.1) is 17.7 Å². The van der Waals surface area contributed by atoms with Crippen LogP contribution in [-0.2, 0) is 32.6 Å². The Morgan fingerprint density at radius 2 is 1.52 bits per heavy atom. The number of nitrogens with one attached hydrogen (secondary N) is 1. The molecule has 0 bridgehead atoms. The lowest BCUT2D eigenvalue weighted by Crippen LogP contribution is -2.54. The summed E-state index contributed by atoms with van der Waals surface area (Å²) < 4.78 is 34.5. The summed E-state index contributed by atoms with van der Waals surface area (Å²) in [6.45, 7) is 3.20. The second kappa shape index (κ2) is 16.0. The normalized spacial score (nSPS) is 12.5. The Bertz CT molecular complexity index is 1720. The van der Waals surface area contributed by atoms with Crippen molar-refractivity contribution in [1.82, 2.24) is 10.2 Å². The fourth-order valence-electron chi connectivity index (χ4n) is 4.83. The van der Waals surface area contributed by atoms with Crippen molar-refractivity contribution in [2.45, 2.75) is 50.2 Å². The van der Waals surface area contributed by atoms with E-state index in [-0.39, 0.29) is 29.8 Å². The van der Waals surface area contributed by atoms with E-state index in [9.17, 15) is 18.0 Å². The first-order valence-corrected chi connectivity index (χ1v) is 17.0. The Morgan fingerprint density at radius 1 is 0.891 bits per heavy atom. The minimum Gasteiger partial charge on any atom is -0.497 e. The minimum atomic E-state index is -4.24. The van der Waals surface area contributed by atoms with Gasteiger partial charge >= 0.3 is 0 Å². The van der Waals surface area contributed by atoms with Crippen LogP contribution in [0.25, 0.3) is 0 Å². The van der Waals surface area contributed by atoms with Gasteiger partial charge in [0.15, 0.2) is 0 Å². The first-order valence-electron chi connectivity index (χ1n) is 14.8. The Balaban J connectivity index is 1.81. The molecular formula is C35H37Cl2N3O5S. The van der Waals surface area contributed by atoms with E-state index >= 15 is 0 Å². The van der Waals surface area contributed by atoms with Gasteiger partial charge in [0.25, 0.3) is 10.0 Å². The molecule has 11 heteroatoms. The number of hydrogen-bond donors (Lipinski definition) is 1. The van der Waals surface area contributed by atoms with Crippen LogP contribution in [0.5, 0.6) is 5.75 Å². The molecule has 0 heterocycles. The molecule has 1 N–H and O–H groups in total. The molecule has 4 aromatic rings. The third-order valence-corrected chi connectivity index (χ3v) is 9.97. The predicted octanol–water partition coefficient (Wildman–Crippen LogP) is 6.75. The van der Waals surface area contributed by atoms with Crippen molar-refractivity contribution in [1.29, 1.82) is 0 Å². The number of carbonyl (C=O) groups excluding carboxylic acids is 2. The van der Waals surface area contributed by atoms with Gasteiger partial charge in [-0.15, -0.1) is 0 Å². The number of sulfonamides is 1. The lowest BCUT2D eigenvalue weighted by Gasteiger charge is -2.34.